The maximum Gasteiger partial charge on any atom is 0.273 e. The lowest BCUT2D eigenvalue weighted by Gasteiger charge is -2.38. The lowest BCUT2D eigenvalue weighted by molar-refractivity contribution is -0.385. The third-order valence-corrected chi connectivity index (χ3v) is 4.42. The fourth-order valence-electron chi connectivity index (χ4n) is 2.55. The monoisotopic (exact) mass is 341 g/mol. The van der Waals surface area contributed by atoms with Crippen LogP contribution in [-0.2, 0) is 5.33 Å². The molecule has 20 heavy (non-hydrogen) atoms. The van der Waals surface area contributed by atoms with Gasteiger partial charge >= 0.3 is 0 Å². The first-order valence-corrected chi connectivity index (χ1v) is 7.97. The van der Waals surface area contributed by atoms with E-state index in [-0.39, 0.29) is 10.6 Å². The maximum atomic E-state index is 11.0. The number of benzene rings is 1. The topological polar surface area (TPSA) is 49.6 Å². The number of anilines is 1. The van der Waals surface area contributed by atoms with E-state index in [2.05, 4.69) is 39.6 Å². The molecule has 0 N–H and O–H groups in total. The molecule has 1 aliphatic rings. The average Bonchev–Trinajstić information content (AvgIpc) is 2.46. The Balaban J connectivity index is 2.12. The second kappa shape index (κ2) is 6.54. The van der Waals surface area contributed by atoms with E-state index in [0.29, 0.717) is 11.4 Å². The van der Waals surface area contributed by atoms with Gasteiger partial charge in [-0.15, -0.1) is 0 Å². The molecule has 1 heterocycles. The van der Waals surface area contributed by atoms with Crippen LogP contribution in [0.25, 0.3) is 0 Å². The maximum absolute atomic E-state index is 11.0. The molecule has 1 aliphatic heterocycles. The van der Waals surface area contributed by atoms with Gasteiger partial charge < -0.3 is 4.90 Å². The second-order valence-electron chi connectivity index (χ2n) is 5.32. The number of rotatable bonds is 4. The predicted octanol–water partition coefficient (Wildman–Crippen LogP) is 3.02. The van der Waals surface area contributed by atoms with Crippen LogP contribution >= 0.6 is 15.9 Å². The van der Waals surface area contributed by atoms with Gasteiger partial charge in [0.05, 0.1) is 4.92 Å². The summed E-state index contributed by atoms with van der Waals surface area (Å²) in [5.74, 6) is 0. The van der Waals surface area contributed by atoms with Gasteiger partial charge in [0.1, 0.15) is 0 Å². The van der Waals surface area contributed by atoms with E-state index in [1.165, 1.54) is 0 Å². The molecule has 6 heteroatoms. The van der Waals surface area contributed by atoms with Crippen LogP contribution in [0.4, 0.5) is 11.4 Å². The molecule has 1 aromatic rings. The number of nitro benzene ring substituents is 1. The number of hydrogen-bond acceptors (Lipinski definition) is 4. The Morgan fingerprint density at radius 3 is 2.45 bits per heavy atom. The minimum Gasteiger partial charge on any atom is -0.369 e. The molecule has 0 aliphatic carbocycles. The molecule has 0 amide bonds. The smallest absolute Gasteiger partial charge is 0.273 e. The molecular formula is C14H20BrN3O2. The van der Waals surface area contributed by atoms with E-state index in [1.54, 1.807) is 6.07 Å². The zero-order valence-corrected chi connectivity index (χ0v) is 13.5. The van der Waals surface area contributed by atoms with E-state index < -0.39 is 0 Å². The van der Waals surface area contributed by atoms with Crippen LogP contribution < -0.4 is 4.90 Å². The third-order valence-electron chi connectivity index (χ3n) is 3.81. The minimum absolute atomic E-state index is 0.187. The number of alkyl halides is 1. The number of hydrogen-bond donors (Lipinski definition) is 0. The van der Waals surface area contributed by atoms with Crippen LogP contribution in [0, 0.1) is 10.1 Å². The Hall–Kier alpha value is -1.14. The molecule has 0 aromatic heterocycles. The zero-order valence-electron chi connectivity index (χ0n) is 11.9. The van der Waals surface area contributed by atoms with Crippen LogP contribution in [-0.4, -0.2) is 42.0 Å². The molecule has 1 saturated heterocycles. The van der Waals surface area contributed by atoms with Gasteiger partial charge in [0.25, 0.3) is 5.69 Å². The first-order valence-electron chi connectivity index (χ1n) is 6.85. The molecule has 5 nitrogen and oxygen atoms in total. The first kappa shape index (κ1) is 15.3. The highest BCUT2D eigenvalue weighted by molar-refractivity contribution is 9.08. The Labute approximate surface area is 127 Å². The summed E-state index contributed by atoms with van der Waals surface area (Å²) in [6.45, 7) is 8.45. The molecule has 1 fully saturated rings. The van der Waals surface area contributed by atoms with Gasteiger partial charge in [-0.1, -0.05) is 15.9 Å². The number of nitro groups is 1. The Bertz CT molecular complexity index is 485. The summed E-state index contributed by atoms with van der Waals surface area (Å²) in [4.78, 5) is 15.4. The summed E-state index contributed by atoms with van der Waals surface area (Å²) in [7, 11) is 0. The molecule has 0 saturated carbocycles. The van der Waals surface area contributed by atoms with Gasteiger partial charge in [0.2, 0.25) is 0 Å². The summed E-state index contributed by atoms with van der Waals surface area (Å²) >= 11 is 3.33. The lowest BCUT2D eigenvalue weighted by Crippen LogP contribution is -2.48. The van der Waals surface area contributed by atoms with E-state index in [4.69, 9.17) is 0 Å². The van der Waals surface area contributed by atoms with Crippen LogP contribution in [0.5, 0.6) is 0 Å². The summed E-state index contributed by atoms with van der Waals surface area (Å²) in [6, 6.07) is 5.97. The number of halogens is 1. The Morgan fingerprint density at radius 2 is 1.95 bits per heavy atom. The SMILES string of the molecule is CC(C)N1CCN(c2ccc([N+](=O)[O-])c(CBr)c2)CC1. The Kier molecular flexibility index (Phi) is 4.99. The summed E-state index contributed by atoms with van der Waals surface area (Å²) in [5, 5.41) is 11.5. The molecule has 0 radical (unpaired) electrons. The largest absolute Gasteiger partial charge is 0.369 e. The summed E-state index contributed by atoms with van der Waals surface area (Å²) in [6.07, 6.45) is 0. The van der Waals surface area contributed by atoms with Gasteiger partial charge in [-0.3, -0.25) is 15.0 Å². The van der Waals surface area contributed by atoms with Gasteiger partial charge in [-0.2, -0.15) is 0 Å². The highest BCUT2D eigenvalue weighted by atomic mass is 79.9. The van der Waals surface area contributed by atoms with Crippen molar-refractivity contribution in [2.45, 2.75) is 25.2 Å². The molecular weight excluding hydrogens is 322 g/mol. The van der Waals surface area contributed by atoms with Crippen molar-refractivity contribution < 1.29 is 4.92 Å². The Morgan fingerprint density at radius 1 is 1.30 bits per heavy atom. The quantitative estimate of drug-likeness (QED) is 0.479. The van der Waals surface area contributed by atoms with E-state index in [1.807, 2.05) is 12.1 Å². The predicted molar refractivity (Wildman–Crippen MR) is 84.6 cm³/mol. The normalized spacial score (nSPS) is 16.7. The van der Waals surface area contributed by atoms with E-state index >= 15 is 0 Å². The number of piperazine rings is 1. The van der Waals surface area contributed by atoms with Crippen molar-refractivity contribution in [3.8, 4) is 0 Å². The lowest BCUT2D eigenvalue weighted by atomic mass is 10.1. The van der Waals surface area contributed by atoms with E-state index in [0.717, 1.165) is 37.4 Å². The van der Waals surface area contributed by atoms with Gasteiger partial charge in [0, 0.05) is 54.9 Å². The van der Waals surface area contributed by atoms with Gasteiger partial charge in [-0.05, 0) is 26.0 Å². The molecule has 0 bridgehead atoms. The fourth-order valence-corrected chi connectivity index (χ4v) is 3.00. The highest BCUT2D eigenvalue weighted by Gasteiger charge is 2.21. The fraction of sp³-hybridized carbons (Fsp3) is 0.571. The van der Waals surface area contributed by atoms with Crippen molar-refractivity contribution in [2.75, 3.05) is 31.1 Å². The molecule has 0 spiro atoms. The summed E-state index contributed by atoms with van der Waals surface area (Å²) < 4.78 is 0. The van der Waals surface area contributed by atoms with Crippen molar-refractivity contribution in [1.29, 1.82) is 0 Å². The van der Waals surface area contributed by atoms with Crippen molar-refractivity contribution in [1.82, 2.24) is 4.90 Å². The van der Waals surface area contributed by atoms with Gasteiger partial charge in [0.15, 0.2) is 0 Å². The van der Waals surface area contributed by atoms with Crippen molar-refractivity contribution >= 4 is 27.3 Å². The average molecular weight is 342 g/mol. The molecule has 2 rings (SSSR count). The highest BCUT2D eigenvalue weighted by Crippen LogP contribution is 2.27. The van der Waals surface area contributed by atoms with Crippen molar-refractivity contribution in [2.24, 2.45) is 0 Å². The van der Waals surface area contributed by atoms with E-state index in [9.17, 15) is 10.1 Å². The van der Waals surface area contributed by atoms with Crippen LogP contribution in [0.1, 0.15) is 19.4 Å². The third kappa shape index (κ3) is 3.30. The summed E-state index contributed by atoms with van der Waals surface area (Å²) in [5.41, 5.74) is 2.00. The molecule has 0 unspecified atom stereocenters. The van der Waals surface area contributed by atoms with Crippen LogP contribution in [0.15, 0.2) is 18.2 Å². The standard InChI is InChI=1S/C14H20BrN3O2/c1-11(2)16-5-7-17(8-6-16)13-3-4-14(18(19)20)12(9-13)10-15/h3-4,9,11H,5-8,10H2,1-2H3. The van der Waals surface area contributed by atoms with Crippen molar-refractivity contribution in [3.63, 3.8) is 0 Å². The van der Waals surface area contributed by atoms with Gasteiger partial charge in [-0.25, -0.2) is 0 Å². The van der Waals surface area contributed by atoms with Crippen LogP contribution in [0.2, 0.25) is 0 Å². The molecule has 1 aromatic carbocycles. The minimum atomic E-state index is -0.322. The number of nitrogens with zero attached hydrogens (tertiary/aromatic N) is 3. The first-order chi connectivity index (χ1) is 9.52. The molecule has 110 valence electrons. The second-order valence-corrected chi connectivity index (χ2v) is 5.88. The van der Waals surface area contributed by atoms with Crippen molar-refractivity contribution in [3.05, 3.63) is 33.9 Å². The van der Waals surface area contributed by atoms with Crippen LogP contribution in [0.3, 0.4) is 0 Å². The molecule has 0 atom stereocenters. The zero-order chi connectivity index (χ0) is 14.7.